The summed E-state index contributed by atoms with van der Waals surface area (Å²) in [4.78, 5) is 4.40. The van der Waals surface area contributed by atoms with Crippen LogP contribution in [0.1, 0.15) is 5.56 Å². The van der Waals surface area contributed by atoms with E-state index in [1.54, 1.807) is 7.11 Å². The van der Waals surface area contributed by atoms with Gasteiger partial charge in [0.1, 0.15) is 5.75 Å². The highest BCUT2D eigenvalue weighted by Crippen LogP contribution is 2.32. The predicted molar refractivity (Wildman–Crippen MR) is 80.6 cm³/mol. The maximum absolute atomic E-state index is 5.73. The molecule has 0 amide bonds. The Morgan fingerprint density at radius 2 is 2.05 bits per heavy atom. The maximum Gasteiger partial charge on any atom is 0.126 e. The van der Waals surface area contributed by atoms with Crippen molar-refractivity contribution < 1.29 is 4.74 Å². The molecule has 0 aliphatic rings. The fraction of sp³-hybridized carbons (Fsp3) is 0.188. The van der Waals surface area contributed by atoms with Gasteiger partial charge in [0.25, 0.3) is 0 Å². The molecule has 0 saturated carbocycles. The summed E-state index contributed by atoms with van der Waals surface area (Å²) in [5.41, 5.74) is 11.0. The zero-order valence-electron chi connectivity index (χ0n) is 11.6. The smallest absolute Gasteiger partial charge is 0.126 e. The van der Waals surface area contributed by atoms with Crippen LogP contribution in [-0.4, -0.2) is 16.7 Å². The van der Waals surface area contributed by atoms with Crippen LogP contribution in [0.5, 0.6) is 5.75 Å². The molecule has 20 heavy (non-hydrogen) atoms. The van der Waals surface area contributed by atoms with E-state index in [0.29, 0.717) is 6.54 Å². The van der Waals surface area contributed by atoms with Gasteiger partial charge in [-0.2, -0.15) is 0 Å². The number of imidazole rings is 1. The quantitative estimate of drug-likeness (QED) is 0.793. The van der Waals surface area contributed by atoms with Crippen molar-refractivity contribution in [3.05, 3.63) is 48.3 Å². The van der Waals surface area contributed by atoms with Crippen molar-refractivity contribution in [3.8, 4) is 16.9 Å². The van der Waals surface area contributed by atoms with Gasteiger partial charge in [0.2, 0.25) is 0 Å². The SMILES string of the molecule is COc1ccc(CN)cc1-c1ccc2c(c1)ncn2C. The molecule has 0 bridgehead atoms. The lowest BCUT2D eigenvalue weighted by atomic mass is 10.0. The van der Waals surface area contributed by atoms with E-state index in [2.05, 4.69) is 29.2 Å². The molecule has 0 unspecified atom stereocenters. The molecule has 0 aliphatic carbocycles. The summed E-state index contributed by atoms with van der Waals surface area (Å²) in [6, 6.07) is 12.3. The summed E-state index contributed by atoms with van der Waals surface area (Å²) in [6.07, 6.45) is 1.82. The summed E-state index contributed by atoms with van der Waals surface area (Å²) in [5.74, 6) is 0.845. The molecule has 3 aromatic rings. The number of fused-ring (bicyclic) bond motifs is 1. The molecule has 0 spiro atoms. The van der Waals surface area contributed by atoms with E-state index >= 15 is 0 Å². The summed E-state index contributed by atoms with van der Waals surface area (Å²) >= 11 is 0. The molecule has 2 N–H and O–H groups in total. The van der Waals surface area contributed by atoms with Gasteiger partial charge in [-0.15, -0.1) is 0 Å². The van der Waals surface area contributed by atoms with Gasteiger partial charge in [0.05, 0.1) is 24.5 Å². The zero-order chi connectivity index (χ0) is 14.1. The number of hydrogen-bond donors (Lipinski definition) is 1. The topological polar surface area (TPSA) is 53.1 Å². The van der Waals surface area contributed by atoms with Gasteiger partial charge >= 0.3 is 0 Å². The summed E-state index contributed by atoms with van der Waals surface area (Å²) < 4.78 is 7.46. The van der Waals surface area contributed by atoms with Crippen molar-refractivity contribution in [2.45, 2.75) is 6.54 Å². The molecule has 0 fully saturated rings. The fourth-order valence-corrected chi connectivity index (χ4v) is 2.41. The lowest BCUT2D eigenvalue weighted by molar-refractivity contribution is 0.416. The summed E-state index contributed by atoms with van der Waals surface area (Å²) in [6.45, 7) is 0.517. The molecule has 0 saturated heterocycles. The molecule has 4 heteroatoms. The fourth-order valence-electron chi connectivity index (χ4n) is 2.41. The zero-order valence-corrected chi connectivity index (χ0v) is 11.6. The lowest BCUT2D eigenvalue weighted by Gasteiger charge is -2.10. The number of aryl methyl sites for hydroxylation is 1. The number of hydrogen-bond acceptors (Lipinski definition) is 3. The monoisotopic (exact) mass is 267 g/mol. The molecule has 0 atom stereocenters. The Morgan fingerprint density at radius 3 is 2.80 bits per heavy atom. The number of benzene rings is 2. The second kappa shape index (κ2) is 4.98. The lowest BCUT2D eigenvalue weighted by Crippen LogP contribution is -1.97. The normalized spacial score (nSPS) is 10.9. The highest BCUT2D eigenvalue weighted by Gasteiger charge is 2.09. The van der Waals surface area contributed by atoms with Gasteiger partial charge in [0, 0.05) is 19.2 Å². The number of rotatable bonds is 3. The van der Waals surface area contributed by atoms with Crippen molar-refractivity contribution in [1.29, 1.82) is 0 Å². The molecular weight excluding hydrogens is 250 g/mol. The standard InChI is InChI=1S/C16H17N3O/c1-19-10-18-14-8-12(4-5-15(14)19)13-7-11(9-17)3-6-16(13)20-2/h3-8,10H,9,17H2,1-2H3. The van der Waals surface area contributed by atoms with Crippen LogP contribution in [0.25, 0.3) is 22.2 Å². The van der Waals surface area contributed by atoms with Crippen LogP contribution >= 0.6 is 0 Å². The average Bonchev–Trinajstić information content (AvgIpc) is 2.87. The van der Waals surface area contributed by atoms with E-state index < -0.39 is 0 Å². The molecule has 3 rings (SSSR count). The summed E-state index contributed by atoms with van der Waals surface area (Å²) in [5, 5.41) is 0. The minimum absolute atomic E-state index is 0.517. The third-order valence-corrected chi connectivity index (χ3v) is 3.54. The first-order valence-electron chi connectivity index (χ1n) is 6.51. The van der Waals surface area contributed by atoms with Gasteiger partial charge < -0.3 is 15.0 Å². The Bertz CT molecular complexity index is 762. The second-order valence-corrected chi connectivity index (χ2v) is 4.80. The molecule has 0 aliphatic heterocycles. The van der Waals surface area contributed by atoms with Crippen molar-refractivity contribution in [2.24, 2.45) is 12.8 Å². The van der Waals surface area contributed by atoms with E-state index in [1.807, 2.05) is 30.1 Å². The number of nitrogens with two attached hydrogens (primary N) is 1. The predicted octanol–water partition coefficient (Wildman–Crippen LogP) is 2.71. The van der Waals surface area contributed by atoms with Gasteiger partial charge in [0.15, 0.2) is 0 Å². The highest BCUT2D eigenvalue weighted by atomic mass is 16.5. The van der Waals surface area contributed by atoms with Gasteiger partial charge in [-0.05, 0) is 35.4 Å². The third kappa shape index (κ3) is 2.04. The molecule has 1 aromatic heterocycles. The van der Waals surface area contributed by atoms with Crippen LogP contribution in [-0.2, 0) is 13.6 Å². The van der Waals surface area contributed by atoms with Crippen molar-refractivity contribution in [3.63, 3.8) is 0 Å². The Morgan fingerprint density at radius 1 is 1.20 bits per heavy atom. The molecular formula is C16H17N3O. The van der Waals surface area contributed by atoms with Crippen LogP contribution in [0.4, 0.5) is 0 Å². The van der Waals surface area contributed by atoms with Crippen molar-refractivity contribution in [1.82, 2.24) is 9.55 Å². The van der Waals surface area contributed by atoms with Crippen LogP contribution < -0.4 is 10.5 Å². The van der Waals surface area contributed by atoms with Crippen molar-refractivity contribution in [2.75, 3.05) is 7.11 Å². The largest absolute Gasteiger partial charge is 0.496 e. The summed E-state index contributed by atoms with van der Waals surface area (Å²) in [7, 11) is 3.67. The van der Waals surface area contributed by atoms with Gasteiger partial charge in [-0.3, -0.25) is 0 Å². The van der Waals surface area contributed by atoms with E-state index in [0.717, 1.165) is 33.5 Å². The molecule has 4 nitrogen and oxygen atoms in total. The van der Waals surface area contributed by atoms with E-state index in [1.165, 1.54) is 0 Å². The minimum Gasteiger partial charge on any atom is -0.496 e. The van der Waals surface area contributed by atoms with E-state index in [4.69, 9.17) is 10.5 Å². The first-order chi connectivity index (χ1) is 9.72. The van der Waals surface area contributed by atoms with Crippen LogP contribution in [0.15, 0.2) is 42.7 Å². The highest BCUT2D eigenvalue weighted by molar-refractivity contribution is 5.83. The number of nitrogens with zero attached hydrogens (tertiary/aromatic N) is 2. The number of methoxy groups -OCH3 is 1. The minimum atomic E-state index is 0.517. The van der Waals surface area contributed by atoms with Gasteiger partial charge in [-0.25, -0.2) is 4.98 Å². The molecule has 1 heterocycles. The van der Waals surface area contributed by atoms with Crippen LogP contribution in [0, 0.1) is 0 Å². The van der Waals surface area contributed by atoms with E-state index in [-0.39, 0.29) is 0 Å². The first-order valence-corrected chi connectivity index (χ1v) is 6.51. The Kier molecular flexibility index (Phi) is 3.16. The van der Waals surface area contributed by atoms with Crippen molar-refractivity contribution >= 4 is 11.0 Å². The molecule has 102 valence electrons. The second-order valence-electron chi connectivity index (χ2n) is 4.80. The average molecular weight is 267 g/mol. The number of ether oxygens (including phenoxy) is 1. The number of aromatic nitrogens is 2. The maximum atomic E-state index is 5.73. The molecule has 2 aromatic carbocycles. The van der Waals surface area contributed by atoms with E-state index in [9.17, 15) is 0 Å². The molecule has 0 radical (unpaired) electrons. The van der Waals surface area contributed by atoms with Gasteiger partial charge in [-0.1, -0.05) is 12.1 Å². The Balaban J connectivity index is 2.18. The van der Waals surface area contributed by atoms with Crippen LogP contribution in [0.3, 0.4) is 0 Å². The van der Waals surface area contributed by atoms with Crippen LogP contribution in [0.2, 0.25) is 0 Å². The Labute approximate surface area is 117 Å². The Hall–Kier alpha value is -2.33. The third-order valence-electron chi connectivity index (χ3n) is 3.54. The first kappa shape index (κ1) is 12.7.